The molecule has 18 heavy (non-hydrogen) atoms. The molecule has 1 fully saturated rings. The van der Waals surface area contributed by atoms with E-state index in [1.54, 1.807) is 25.4 Å². The van der Waals surface area contributed by atoms with Crippen LogP contribution >= 0.6 is 11.3 Å². The molecule has 2 unspecified atom stereocenters. The SMILES string of the molecule is COC(c1nc(C)c(C(C)O)s1)C1CCCCC1. The van der Waals surface area contributed by atoms with E-state index in [4.69, 9.17) is 4.74 Å². The molecule has 1 heterocycles. The minimum Gasteiger partial charge on any atom is -0.388 e. The number of rotatable bonds is 4. The van der Waals surface area contributed by atoms with Crippen molar-refractivity contribution in [1.29, 1.82) is 0 Å². The molecule has 0 amide bonds. The van der Waals surface area contributed by atoms with Crippen molar-refractivity contribution >= 4 is 11.3 Å². The molecule has 102 valence electrons. The first-order valence-electron chi connectivity index (χ1n) is 6.81. The van der Waals surface area contributed by atoms with Crippen LogP contribution in [-0.2, 0) is 4.74 Å². The third-order valence-corrected chi connectivity index (χ3v) is 5.19. The molecular weight excluding hydrogens is 246 g/mol. The number of ether oxygens (including phenoxy) is 1. The zero-order valence-corrected chi connectivity index (χ0v) is 12.3. The Bertz CT molecular complexity index is 383. The molecule has 0 spiro atoms. The number of nitrogens with zero attached hydrogens (tertiary/aromatic N) is 1. The third kappa shape index (κ3) is 2.92. The molecule has 0 saturated heterocycles. The van der Waals surface area contributed by atoms with Gasteiger partial charge in [-0.25, -0.2) is 4.98 Å². The maximum Gasteiger partial charge on any atom is 0.122 e. The van der Waals surface area contributed by atoms with E-state index in [1.807, 2.05) is 6.92 Å². The fourth-order valence-corrected chi connectivity index (χ4v) is 4.05. The average Bonchev–Trinajstić information content (AvgIpc) is 2.74. The van der Waals surface area contributed by atoms with Crippen LogP contribution in [0.2, 0.25) is 0 Å². The monoisotopic (exact) mass is 269 g/mol. The van der Waals surface area contributed by atoms with E-state index >= 15 is 0 Å². The highest BCUT2D eigenvalue weighted by atomic mass is 32.1. The van der Waals surface area contributed by atoms with E-state index in [0.717, 1.165) is 15.6 Å². The summed E-state index contributed by atoms with van der Waals surface area (Å²) in [5.41, 5.74) is 0.947. The van der Waals surface area contributed by atoms with Gasteiger partial charge < -0.3 is 9.84 Å². The summed E-state index contributed by atoms with van der Waals surface area (Å²) in [6.45, 7) is 3.77. The van der Waals surface area contributed by atoms with Gasteiger partial charge in [-0.1, -0.05) is 19.3 Å². The number of hydrogen-bond acceptors (Lipinski definition) is 4. The summed E-state index contributed by atoms with van der Waals surface area (Å²) < 4.78 is 5.69. The fraction of sp³-hybridized carbons (Fsp3) is 0.786. The standard InChI is InChI=1S/C14H23NO2S/c1-9-13(10(2)16)18-14(15-9)12(17-3)11-7-5-4-6-8-11/h10-12,16H,4-8H2,1-3H3. The summed E-state index contributed by atoms with van der Waals surface area (Å²) in [6.07, 6.45) is 6.11. The number of hydrogen-bond donors (Lipinski definition) is 1. The van der Waals surface area contributed by atoms with Gasteiger partial charge in [0.1, 0.15) is 11.1 Å². The minimum absolute atomic E-state index is 0.112. The Morgan fingerprint density at radius 3 is 2.50 bits per heavy atom. The van der Waals surface area contributed by atoms with Gasteiger partial charge in [0.15, 0.2) is 0 Å². The predicted octanol–water partition coefficient (Wildman–Crippen LogP) is 3.77. The van der Waals surface area contributed by atoms with Crippen LogP contribution in [0.3, 0.4) is 0 Å². The van der Waals surface area contributed by atoms with E-state index in [0.29, 0.717) is 5.92 Å². The van der Waals surface area contributed by atoms with Crippen LogP contribution in [0.15, 0.2) is 0 Å². The molecule has 2 rings (SSSR count). The summed E-state index contributed by atoms with van der Waals surface area (Å²) in [5.74, 6) is 0.594. The topological polar surface area (TPSA) is 42.4 Å². The van der Waals surface area contributed by atoms with Crippen LogP contribution in [0.5, 0.6) is 0 Å². The second-order valence-electron chi connectivity index (χ2n) is 5.23. The number of aryl methyl sites for hydroxylation is 1. The van der Waals surface area contributed by atoms with Crippen molar-refractivity contribution in [3.8, 4) is 0 Å². The highest BCUT2D eigenvalue weighted by molar-refractivity contribution is 7.11. The Morgan fingerprint density at radius 2 is 2.00 bits per heavy atom. The number of aliphatic hydroxyl groups excluding tert-OH is 1. The number of thiazole rings is 1. The summed E-state index contributed by atoms with van der Waals surface area (Å²) in [4.78, 5) is 5.59. The van der Waals surface area contributed by atoms with E-state index in [1.165, 1.54) is 32.1 Å². The van der Waals surface area contributed by atoms with Crippen LogP contribution in [0.4, 0.5) is 0 Å². The van der Waals surface area contributed by atoms with Crippen molar-refractivity contribution in [3.05, 3.63) is 15.6 Å². The molecule has 4 heteroatoms. The Morgan fingerprint density at radius 1 is 1.33 bits per heavy atom. The van der Waals surface area contributed by atoms with E-state index in [9.17, 15) is 5.11 Å². The highest BCUT2D eigenvalue weighted by Gasteiger charge is 2.28. The molecule has 3 nitrogen and oxygen atoms in total. The Balaban J connectivity index is 2.18. The summed E-state index contributed by atoms with van der Waals surface area (Å²) >= 11 is 1.61. The first-order chi connectivity index (χ1) is 8.63. The van der Waals surface area contributed by atoms with Crippen molar-refractivity contribution in [1.82, 2.24) is 4.98 Å². The first-order valence-corrected chi connectivity index (χ1v) is 7.63. The molecule has 2 atom stereocenters. The van der Waals surface area contributed by atoms with Crippen molar-refractivity contribution in [2.45, 2.75) is 58.2 Å². The second-order valence-corrected chi connectivity index (χ2v) is 6.29. The van der Waals surface area contributed by atoms with Crippen LogP contribution < -0.4 is 0 Å². The molecule has 1 N–H and O–H groups in total. The molecule has 1 aliphatic rings. The van der Waals surface area contributed by atoms with E-state index in [2.05, 4.69) is 4.98 Å². The van der Waals surface area contributed by atoms with Gasteiger partial charge >= 0.3 is 0 Å². The smallest absolute Gasteiger partial charge is 0.122 e. The fourth-order valence-electron chi connectivity index (χ4n) is 2.87. The van der Waals surface area contributed by atoms with Gasteiger partial charge in [-0.05, 0) is 32.6 Å². The number of aliphatic hydroxyl groups is 1. The van der Waals surface area contributed by atoms with Crippen molar-refractivity contribution < 1.29 is 9.84 Å². The van der Waals surface area contributed by atoms with Crippen LogP contribution in [0, 0.1) is 12.8 Å². The third-order valence-electron chi connectivity index (χ3n) is 3.80. The zero-order chi connectivity index (χ0) is 13.1. The van der Waals surface area contributed by atoms with Crippen LogP contribution in [0.1, 0.15) is 66.8 Å². The van der Waals surface area contributed by atoms with Gasteiger partial charge in [0.2, 0.25) is 0 Å². The molecule has 1 aliphatic carbocycles. The number of methoxy groups -OCH3 is 1. The highest BCUT2D eigenvalue weighted by Crippen LogP contribution is 2.39. The maximum absolute atomic E-state index is 9.71. The summed E-state index contributed by atoms with van der Waals surface area (Å²) in [6, 6.07) is 0. The Labute approximate surface area is 113 Å². The quantitative estimate of drug-likeness (QED) is 0.904. The predicted molar refractivity (Wildman–Crippen MR) is 73.8 cm³/mol. The summed E-state index contributed by atoms with van der Waals surface area (Å²) in [7, 11) is 1.78. The van der Waals surface area contributed by atoms with E-state index in [-0.39, 0.29) is 6.10 Å². The van der Waals surface area contributed by atoms with Crippen LogP contribution in [0.25, 0.3) is 0 Å². The van der Waals surface area contributed by atoms with Gasteiger partial charge in [-0.15, -0.1) is 11.3 Å². The maximum atomic E-state index is 9.71. The first kappa shape index (κ1) is 14.0. The largest absolute Gasteiger partial charge is 0.388 e. The second kappa shape index (κ2) is 6.13. The molecule has 0 radical (unpaired) electrons. The lowest BCUT2D eigenvalue weighted by atomic mass is 9.85. The van der Waals surface area contributed by atoms with Gasteiger partial charge in [0.25, 0.3) is 0 Å². The molecule has 0 bridgehead atoms. The van der Waals surface area contributed by atoms with Gasteiger partial charge in [0, 0.05) is 7.11 Å². The van der Waals surface area contributed by atoms with Gasteiger partial charge in [-0.2, -0.15) is 0 Å². The van der Waals surface area contributed by atoms with Crippen molar-refractivity contribution in [2.75, 3.05) is 7.11 Å². The normalized spacial score (nSPS) is 20.9. The molecule has 1 saturated carbocycles. The summed E-state index contributed by atoms with van der Waals surface area (Å²) in [5, 5.41) is 10.8. The van der Waals surface area contributed by atoms with Gasteiger partial charge in [-0.3, -0.25) is 0 Å². The van der Waals surface area contributed by atoms with Crippen molar-refractivity contribution in [3.63, 3.8) is 0 Å². The molecule has 1 aromatic rings. The lowest BCUT2D eigenvalue weighted by Crippen LogP contribution is -2.17. The van der Waals surface area contributed by atoms with Gasteiger partial charge in [0.05, 0.1) is 16.7 Å². The van der Waals surface area contributed by atoms with Crippen molar-refractivity contribution in [2.24, 2.45) is 5.92 Å². The molecular formula is C14H23NO2S. The molecule has 0 aliphatic heterocycles. The lowest BCUT2D eigenvalue weighted by molar-refractivity contribution is 0.0352. The number of aromatic nitrogens is 1. The van der Waals surface area contributed by atoms with E-state index < -0.39 is 6.10 Å². The minimum atomic E-state index is -0.430. The van der Waals surface area contributed by atoms with Crippen LogP contribution in [-0.4, -0.2) is 17.2 Å². The Kier molecular flexibility index (Phi) is 4.76. The lowest BCUT2D eigenvalue weighted by Gasteiger charge is -2.27. The Hall–Kier alpha value is -0.450. The molecule has 1 aromatic heterocycles. The molecule has 0 aromatic carbocycles. The zero-order valence-electron chi connectivity index (χ0n) is 11.5. The average molecular weight is 269 g/mol.